The van der Waals surface area contributed by atoms with Crippen molar-refractivity contribution in [1.82, 2.24) is 5.32 Å². The Morgan fingerprint density at radius 1 is 0.926 bits per heavy atom. The predicted molar refractivity (Wildman–Crippen MR) is 107 cm³/mol. The fourth-order valence-corrected chi connectivity index (χ4v) is 2.87. The molecule has 4 heteroatoms. The van der Waals surface area contributed by atoms with Crippen LogP contribution in [0.25, 0.3) is 0 Å². The van der Waals surface area contributed by atoms with E-state index in [1.54, 1.807) is 12.1 Å². The van der Waals surface area contributed by atoms with E-state index in [-0.39, 0.29) is 11.7 Å². The molecule has 0 aliphatic heterocycles. The van der Waals surface area contributed by atoms with Crippen molar-refractivity contribution in [2.75, 3.05) is 11.9 Å². The van der Waals surface area contributed by atoms with E-state index in [4.69, 9.17) is 0 Å². The third-order valence-electron chi connectivity index (χ3n) is 4.39. The van der Waals surface area contributed by atoms with Crippen molar-refractivity contribution in [3.63, 3.8) is 0 Å². The molecular weight excluding hydrogens is 339 g/mol. The Bertz CT molecular complexity index is 861. The first-order valence-electron chi connectivity index (χ1n) is 9.02. The lowest BCUT2D eigenvalue weighted by Gasteiger charge is -2.19. The van der Waals surface area contributed by atoms with Gasteiger partial charge in [-0.05, 0) is 48.7 Å². The quantitative estimate of drug-likeness (QED) is 0.642. The topological polar surface area (TPSA) is 41.1 Å². The van der Waals surface area contributed by atoms with Crippen LogP contribution in [-0.4, -0.2) is 12.5 Å². The highest BCUT2D eigenvalue weighted by atomic mass is 19.1. The van der Waals surface area contributed by atoms with Gasteiger partial charge in [0.25, 0.3) is 0 Å². The number of anilines is 1. The van der Waals surface area contributed by atoms with Gasteiger partial charge in [-0.25, -0.2) is 4.39 Å². The summed E-state index contributed by atoms with van der Waals surface area (Å²) in [5.41, 5.74) is 3.84. The Morgan fingerprint density at radius 2 is 1.59 bits per heavy atom. The average Bonchev–Trinajstić information content (AvgIpc) is 2.69. The minimum absolute atomic E-state index is 0.107. The number of hydrogen-bond acceptors (Lipinski definition) is 2. The Labute approximate surface area is 159 Å². The second-order valence-corrected chi connectivity index (χ2v) is 6.53. The van der Waals surface area contributed by atoms with Crippen molar-refractivity contribution in [2.24, 2.45) is 0 Å². The second-order valence-electron chi connectivity index (χ2n) is 6.53. The van der Waals surface area contributed by atoms with E-state index >= 15 is 0 Å². The average molecular weight is 362 g/mol. The lowest BCUT2D eigenvalue weighted by molar-refractivity contribution is -0.118. The van der Waals surface area contributed by atoms with Gasteiger partial charge in [-0.1, -0.05) is 60.2 Å². The summed E-state index contributed by atoms with van der Waals surface area (Å²) in [6.45, 7) is 2.61. The lowest BCUT2D eigenvalue weighted by atomic mass is 10.1. The van der Waals surface area contributed by atoms with Crippen LogP contribution in [0, 0.1) is 12.7 Å². The minimum Gasteiger partial charge on any atom is -0.324 e. The summed E-state index contributed by atoms with van der Waals surface area (Å²) in [6.07, 6.45) is 0.710. The number of amides is 1. The molecule has 3 nitrogen and oxygen atoms in total. The van der Waals surface area contributed by atoms with E-state index in [2.05, 4.69) is 10.6 Å². The number of carbonyl (C=O) groups is 1. The highest BCUT2D eigenvalue weighted by molar-refractivity contribution is 5.95. The molecule has 0 aliphatic carbocycles. The van der Waals surface area contributed by atoms with Gasteiger partial charge in [0.05, 0.1) is 0 Å². The molecule has 138 valence electrons. The monoisotopic (exact) mass is 362 g/mol. The Hall–Kier alpha value is -2.98. The van der Waals surface area contributed by atoms with Crippen LogP contribution in [0.1, 0.15) is 22.7 Å². The fourth-order valence-electron chi connectivity index (χ4n) is 2.87. The summed E-state index contributed by atoms with van der Waals surface area (Å²) in [6, 6.07) is 23.3. The number of rotatable bonds is 7. The van der Waals surface area contributed by atoms with Crippen LogP contribution < -0.4 is 10.6 Å². The van der Waals surface area contributed by atoms with Gasteiger partial charge in [0.2, 0.25) is 5.91 Å². The van der Waals surface area contributed by atoms with Gasteiger partial charge in [0.15, 0.2) is 0 Å². The first kappa shape index (κ1) is 18.8. The molecule has 0 spiro atoms. The normalized spacial score (nSPS) is 11.8. The number of halogens is 1. The Kier molecular flexibility index (Phi) is 6.34. The van der Waals surface area contributed by atoms with E-state index in [1.165, 1.54) is 12.1 Å². The van der Waals surface area contributed by atoms with E-state index in [0.717, 1.165) is 22.4 Å². The highest BCUT2D eigenvalue weighted by Crippen LogP contribution is 2.17. The van der Waals surface area contributed by atoms with Crippen molar-refractivity contribution in [2.45, 2.75) is 19.4 Å². The second kappa shape index (κ2) is 9.10. The number of carbonyl (C=O) groups excluding carboxylic acids is 1. The highest BCUT2D eigenvalue weighted by Gasteiger charge is 2.19. The molecule has 0 bridgehead atoms. The third kappa shape index (κ3) is 5.50. The van der Waals surface area contributed by atoms with Gasteiger partial charge in [0.1, 0.15) is 11.9 Å². The summed E-state index contributed by atoms with van der Waals surface area (Å²) >= 11 is 0. The van der Waals surface area contributed by atoms with Crippen LogP contribution >= 0.6 is 0 Å². The molecule has 3 aromatic carbocycles. The van der Waals surface area contributed by atoms with Crippen LogP contribution in [0.3, 0.4) is 0 Å². The fraction of sp³-hybridized carbons (Fsp3) is 0.174. The van der Waals surface area contributed by atoms with Gasteiger partial charge >= 0.3 is 0 Å². The van der Waals surface area contributed by atoms with Gasteiger partial charge in [0, 0.05) is 12.2 Å². The molecule has 1 atom stereocenters. The van der Waals surface area contributed by atoms with Gasteiger partial charge in [-0.2, -0.15) is 0 Å². The summed E-state index contributed by atoms with van der Waals surface area (Å²) < 4.78 is 13.0. The predicted octanol–water partition coefficient (Wildman–Crippen LogP) is 4.65. The molecule has 0 saturated carbocycles. The number of benzene rings is 3. The molecule has 0 aromatic heterocycles. The molecular formula is C23H23FN2O. The van der Waals surface area contributed by atoms with Crippen molar-refractivity contribution in [3.05, 3.63) is 101 Å². The van der Waals surface area contributed by atoms with E-state index < -0.39 is 6.04 Å². The molecule has 1 amide bonds. The summed E-state index contributed by atoms with van der Waals surface area (Å²) in [5, 5.41) is 6.30. The smallest absolute Gasteiger partial charge is 0.246 e. The van der Waals surface area contributed by atoms with Gasteiger partial charge in [-0.3, -0.25) is 4.79 Å². The first-order chi connectivity index (χ1) is 13.1. The van der Waals surface area contributed by atoms with Crippen molar-refractivity contribution in [1.29, 1.82) is 0 Å². The zero-order valence-corrected chi connectivity index (χ0v) is 15.3. The van der Waals surface area contributed by atoms with E-state index in [1.807, 2.05) is 61.5 Å². The molecule has 27 heavy (non-hydrogen) atoms. The molecule has 0 aliphatic rings. The Morgan fingerprint density at radius 3 is 2.26 bits per heavy atom. The van der Waals surface area contributed by atoms with Gasteiger partial charge in [-0.15, -0.1) is 0 Å². The molecule has 0 heterocycles. The number of aryl methyl sites for hydroxylation is 1. The summed E-state index contributed by atoms with van der Waals surface area (Å²) in [5.74, 6) is -0.351. The van der Waals surface area contributed by atoms with Crippen LogP contribution in [-0.2, 0) is 11.2 Å². The zero-order chi connectivity index (χ0) is 19.1. The first-order valence-corrected chi connectivity index (χ1v) is 9.02. The maximum absolute atomic E-state index is 13.0. The minimum atomic E-state index is -0.465. The maximum atomic E-state index is 13.0. The molecule has 0 fully saturated rings. The Balaban J connectivity index is 1.67. The molecule has 2 N–H and O–H groups in total. The van der Waals surface area contributed by atoms with Crippen molar-refractivity contribution >= 4 is 11.6 Å². The van der Waals surface area contributed by atoms with Crippen LogP contribution in [0.5, 0.6) is 0 Å². The summed E-state index contributed by atoms with van der Waals surface area (Å²) in [7, 11) is 0. The maximum Gasteiger partial charge on any atom is 0.246 e. The van der Waals surface area contributed by atoms with Crippen molar-refractivity contribution in [3.8, 4) is 0 Å². The SMILES string of the molecule is Cc1ccc(NC(=O)[C@H](NCCc2ccc(F)cc2)c2ccccc2)cc1. The van der Waals surface area contributed by atoms with E-state index in [9.17, 15) is 9.18 Å². The number of hydrogen-bond donors (Lipinski definition) is 2. The molecule has 0 unspecified atom stereocenters. The molecule has 3 aromatic rings. The molecule has 0 saturated heterocycles. The lowest BCUT2D eigenvalue weighted by Crippen LogP contribution is -2.34. The zero-order valence-electron chi connectivity index (χ0n) is 15.3. The standard InChI is InChI=1S/C23H23FN2O/c1-17-7-13-21(14-8-17)26-23(27)22(19-5-3-2-4-6-19)25-16-15-18-9-11-20(24)12-10-18/h2-14,22,25H,15-16H2,1H3,(H,26,27)/t22-/m1/s1. The summed E-state index contributed by atoms with van der Waals surface area (Å²) in [4.78, 5) is 12.9. The van der Waals surface area contributed by atoms with Gasteiger partial charge < -0.3 is 10.6 Å². The van der Waals surface area contributed by atoms with Crippen LogP contribution in [0.4, 0.5) is 10.1 Å². The molecule has 3 rings (SSSR count). The van der Waals surface area contributed by atoms with Crippen LogP contribution in [0.2, 0.25) is 0 Å². The largest absolute Gasteiger partial charge is 0.324 e. The number of nitrogens with one attached hydrogen (secondary N) is 2. The van der Waals surface area contributed by atoms with E-state index in [0.29, 0.717) is 13.0 Å². The third-order valence-corrected chi connectivity index (χ3v) is 4.39. The van der Waals surface area contributed by atoms with Crippen molar-refractivity contribution < 1.29 is 9.18 Å². The van der Waals surface area contributed by atoms with Crippen LogP contribution in [0.15, 0.2) is 78.9 Å². The molecule has 0 radical (unpaired) electrons.